The number of halogens is 1. The number of hydrogen-bond donors (Lipinski definition) is 2. The minimum atomic E-state index is -0.315. The van der Waals surface area contributed by atoms with Crippen molar-refractivity contribution in [2.45, 2.75) is 31.3 Å². The summed E-state index contributed by atoms with van der Waals surface area (Å²) < 4.78 is 13.3. The summed E-state index contributed by atoms with van der Waals surface area (Å²) in [6.07, 6.45) is 1.88. The number of aromatic amines is 1. The smallest absolute Gasteiger partial charge is 0.224 e. The number of likely N-dealkylation sites (tertiary alicyclic amines) is 1. The van der Waals surface area contributed by atoms with Gasteiger partial charge in [0.25, 0.3) is 0 Å². The fraction of sp³-hybridized carbons (Fsp3) is 0.333. The van der Waals surface area contributed by atoms with Crippen molar-refractivity contribution in [3.05, 3.63) is 65.7 Å². The highest BCUT2D eigenvalue weighted by molar-refractivity contribution is 5.79. The molecule has 0 radical (unpaired) electrons. The van der Waals surface area contributed by atoms with Crippen LogP contribution in [0.2, 0.25) is 0 Å². The number of nitrogens with one attached hydrogen (secondary N) is 2. The maximum Gasteiger partial charge on any atom is 0.224 e. The number of imidazole rings is 1. The van der Waals surface area contributed by atoms with Gasteiger partial charge in [-0.25, -0.2) is 9.37 Å². The second-order valence-electron chi connectivity index (χ2n) is 7.23. The van der Waals surface area contributed by atoms with Crippen molar-refractivity contribution >= 4 is 16.9 Å². The van der Waals surface area contributed by atoms with Gasteiger partial charge >= 0.3 is 0 Å². The largest absolute Gasteiger partial charge is 0.353 e. The van der Waals surface area contributed by atoms with Crippen molar-refractivity contribution < 1.29 is 9.18 Å². The van der Waals surface area contributed by atoms with Crippen LogP contribution in [0, 0.1) is 5.82 Å². The Morgan fingerprint density at radius 2 is 2.15 bits per heavy atom. The fourth-order valence-corrected chi connectivity index (χ4v) is 3.78. The average molecular weight is 366 g/mol. The molecule has 27 heavy (non-hydrogen) atoms. The maximum atomic E-state index is 13.3. The van der Waals surface area contributed by atoms with Crippen LogP contribution in [0.15, 0.2) is 48.5 Å². The Balaban J connectivity index is 1.43. The highest BCUT2D eigenvalue weighted by atomic mass is 19.1. The monoisotopic (exact) mass is 366 g/mol. The third-order valence-electron chi connectivity index (χ3n) is 5.21. The van der Waals surface area contributed by atoms with E-state index in [4.69, 9.17) is 4.98 Å². The van der Waals surface area contributed by atoms with E-state index in [9.17, 15) is 9.18 Å². The Bertz CT molecular complexity index is 921. The molecule has 0 saturated carbocycles. The Hall–Kier alpha value is -2.73. The highest BCUT2D eigenvalue weighted by Gasteiger charge is 2.30. The fourth-order valence-electron chi connectivity index (χ4n) is 3.78. The second kappa shape index (κ2) is 7.48. The van der Waals surface area contributed by atoms with Gasteiger partial charge in [0.15, 0.2) is 0 Å². The van der Waals surface area contributed by atoms with Gasteiger partial charge in [-0.1, -0.05) is 24.3 Å². The van der Waals surface area contributed by atoms with Gasteiger partial charge in [-0.2, -0.15) is 0 Å². The van der Waals surface area contributed by atoms with Gasteiger partial charge in [0, 0.05) is 12.6 Å². The summed E-state index contributed by atoms with van der Waals surface area (Å²) in [7, 11) is 2.09. The lowest BCUT2D eigenvalue weighted by Crippen LogP contribution is -2.45. The number of benzene rings is 2. The van der Waals surface area contributed by atoms with Crippen LogP contribution in [0.1, 0.15) is 30.3 Å². The van der Waals surface area contributed by atoms with Crippen molar-refractivity contribution in [3.8, 4) is 0 Å². The zero-order valence-corrected chi connectivity index (χ0v) is 15.3. The summed E-state index contributed by atoms with van der Waals surface area (Å²) in [6.45, 7) is 0.882. The molecule has 140 valence electrons. The van der Waals surface area contributed by atoms with E-state index >= 15 is 0 Å². The quantitative estimate of drug-likeness (QED) is 0.745. The lowest BCUT2D eigenvalue weighted by Gasteiger charge is -2.36. The Kier molecular flexibility index (Phi) is 4.90. The molecule has 0 unspecified atom stereocenters. The number of nitrogens with zero attached hydrogens (tertiary/aromatic N) is 2. The zero-order chi connectivity index (χ0) is 18.8. The van der Waals surface area contributed by atoms with E-state index in [1.807, 2.05) is 24.3 Å². The van der Waals surface area contributed by atoms with E-state index in [0.29, 0.717) is 5.56 Å². The predicted octanol–water partition coefficient (Wildman–Crippen LogP) is 3.20. The molecule has 0 spiro atoms. The van der Waals surface area contributed by atoms with Crippen molar-refractivity contribution in [1.82, 2.24) is 20.2 Å². The van der Waals surface area contributed by atoms with Crippen LogP contribution in [0.25, 0.3) is 11.0 Å². The molecule has 5 nitrogen and oxygen atoms in total. The summed E-state index contributed by atoms with van der Waals surface area (Å²) >= 11 is 0. The summed E-state index contributed by atoms with van der Waals surface area (Å²) in [6, 6.07) is 14.4. The molecular weight excluding hydrogens is 343 g/mol. The first-order chi connectivity index (χ1) is 13.1. The van der Waals surface area contributed by atoms with Crippen LogP contribution in [0.4, 0.5) is 4.39 Å². The van der Waals surface area contributed by atoms with Crippen molar-refractivity contribution in [2.75, 3.05) is 13.6 Å². The van der Waals surface area contributed by atoms with Gasteiger partial charge in [0.2, 0.25) is 5.91 Å². The molecule has 2 heterocycles. The number of fused-ring (bicyclic) bond motifs is 1. The Morgan fingerprint density at radius 1 is 1.30 bits per heavy atom. The molecule has 6 heteroatoms. The highest BCUT2D eigenvalue weighted by Crippen LogP contribution is 2.29. The normalized spacial score (nSPS) is 20.7. The molecule has 4 rings (SSSR count). The molecule has 0 aliphatic carbocycles. The number of carbonyl (C=O) groups excluding carboxylic acids is 1. The van der Waals surface area contributed by atoms with E-state index < -0.39 is 0 Å². The van der Waals surface area contributed by atoms with Gasteiger partial charge < -0.3 is 10.3 Å². The molecule has 0 bridgehead atoms. The van der Waals surface area contributed by atoms with Gasteiger partial charge in [0.05, 0.1) is 23.5 Å². The van der Waals surface area contributed by atoms with Crippen LogP contribution in [-0.4, -0.2) is 40.4 Å². The van der Waals surface area contributed by atoms with E-state index in [-0.39, 0.29) is 30.2 Å². The van der Waals surface area contributed by atoms with Crippen LogP contribution in [-0.2, 0) is 11.2 Å². The molecule has 3 aromatic rings. The van der Waals surface area contributed by atoms with Gasteiger partial charge in [-0.05, 0) is 49.7 Å². The first-order valence-corrected chi connectivity index (χ1v) is 9.27. The van der Waals surface area contributed by atoms with Crippen molar-refractivity contribution in [1.29, 1.82) is 0 Å². The van der Waals surface area contributed by atoms with Gasteiger partial charge in [-0.3, -0.25) is 9.69 Å². The summed E-state index contributed by atoms with van der Waals surface area (Å²) in [5.41, 5.74) is 2.67. The zero-order valence-electron chi connectivity index (χ0n) is 15.3. The Morgan fingerprint density at radius 3 is 2.96 bits per heavy atom. The third-order valence-corrected chi connectivity index (χ3v) is 5.21. The maximum absolute atomic E-state index is 13.3. The van der Waals surface area contributed by atoms with E-state index in [1.165, 1.54) is 12.1 Å². The van der Waals surface area contributed by atoms with Crippen LogP contribution in [0.5, 0.6) is 0 Å². The molecule has 1 amide bonds. The minimum Gasteiger partial charge on any atom is -0.353 e. The number of hydrogen-bond acceptors (Lipinski definition) is 3. The molecular formula is C21H23FN4O. The van der Waals surface area contributed by atoms with Crippen LogP contribution >= 0.6 is 0 Å². The molecule has 1 aliphatic heterocycles. The minimum absolute atomic E-state index is 0.0708. The number of piperidine rings is 1. The molecule has 2 aromatic carbocycles. The number of amides is 1. The topological polar surface area (TPSA) is 61.0 Å². The SMILES string of the molecule is CN1CC[C@@H](NC(=O)Cc2cccc(F)c2)C[C@@H]1c1nc2ccccc2[nH]1. The number of rotatable bonds is 4. The predicted molar refractivity (Wildman–Crippen MR) is 103 cm³/mol. The van der Waals surface area contributed by atoms with Crippen LogP contribution in [0.3, 0.4) is 0 Å². The molecule has 1 aromatic heterocycles. The number of para-hydroxylation sites is 2. The first-order valence-electron chi connectivity index (χ1n) is 9.27. The molecule has 1 fully saturated rings. The van der Waals surface area contributed by atoms with E-state index in [2.05, 4.69) is 22.2 Å². The van der Waals surface area contributed by atoms with E-state index in [1.54, 1.807) is 12.1 Å². The Labute approximate surface area is 157 Å². The number of H-pyrrole nitrogens is 1. The second-order valence-corrected chi connectivity index (χ2v) is 7.23. The number of aromatic nitrogens is 2. The lowest BCUT2D eigenvalue weighted by molar-refractivity contribution is -0.121. The summed E-state index contributed by atoms with van der Waals surface area (Å²) in [4.78, 5) is 22.8. The summed E-state index contributed by atoms with van der Waals surface area (Å²) in [5, 5.41) is 3.11. The van der Waals surface area contributed by atoms with Crippen LogP contribution < -0.4 is 5.32 Å². The summed E-state index contributed by atoms with van der Waals surface area (Å²) in [5.74, 6) is 0.547. The van der Waals surface area contributed by atoms with E-state index in [0.717, 1.165) is 36.2 Å². The molecule has 2 atom stereocenters. The number of carbonyl (C=O) groups is 1. The molecule has 1 saturated heterocycles. The molecule has 2 N–H and O–H groups in total. The standard InChI is InChI=1S/C21H23FN4O/c1-26-10-9-16(23-20(27)12-14-5-4-6-15(22)11-14)13-19(26)21-24-17-7-2-3-8-18(17)25-21/h2-8,11,16,19H,9-10,12-13H2,1H3,(H,23,27)(H,24,25)/t16-,19-/m1/s1. The lowest BCUT2D eigenvalue weighted by atomic mass is 9.96. The van der Waals surface area contributed by atoms with Crippen molar-refractivity contribution in [3.63, 3.8) is 0 Å². The van der Waals surface area contributed by atoms with Gasteiger partial charge in [-0.15, -0.1) is 0 Å². The third kappa shape index (κ3) is 4.01. The first kappa shape index (κ1) is 17.7. The van der Waals surface area contributed by atoms with Crippen molar-refractivity contribution in [2.24, 2.45) is 0 Å². The average Bonchev–Trinajstić information content (AvgIpc) is 3.07. The molecule has 1 aliphatic rings. The van der Waals surface area contributed by atoms with Gasteiger partial charge in [0.1, 0.15) is 11.6 Å².